The van der Waals surface area contributed by atoms with E-state index in [2.05, 4.69) is 34.3 Å². The molecule has 0 spiro atoms. The number of nitrogens with one attached hydrogen (secondary N) is 1. The normalized spacial score (nSPS) is 28.2. The number of aryl methyl sites for hydroxylation is 1. The number of hydrogen-bond acceptors (Lipinski definition) is 3. The molecule has 25 heavy (non-hydrogen) atoms. The molecule has 0 aliphatic heterocycles. The highest BCUT2D eigenvalue weighted by molar-refractivity contribution is 6.30. The van der Waals surface area contributed by atoms with Crippen molar-refractivity contribution in [1.29, 1.82) is 0 Å². The summed E-state index contributed by atoms with van der Waals surface area (Å²) in [6, 6.07) is 9.04. The van der Waals surface area contributed by atoms with E-state index in [4.69, 9.17) is 11.6 Å². The van der Waals surface area contributed by atoms with Crippen molar-refractivity contribution < 1.29 is 0 Å². The Labute approximate surface area is 155 Å². The lowest BCUT2D eigenvalue weighted by molar-refractivity contribution is 0.0254. The summed E-state index contributed by atoms with van der Waals surface area (Å²) in [5.41, 5.74) is 2.61. The Bertz CT molecular complexity index is 698. The van der Waals surface area contributed by atoms with Crippen LogP contribution in [0.25, 0.3) is 0 Å². The minimum atomic E-state index is 0.553. The molecular weight excluding hydrogens is 330 g/mol. The van der Waals surface area contributed by atoms with Crippen molar-refractivity contribution in [2.45, 2.75) is 57.5 Å². The van der Waals surface area contributed by atoms with Crippen LogP contribution in [0, 0.1) is 11.8 Å². The van der Waals surface area contributed by atoms with Gasteiger partial charge in [0, 0.05) is 47.9 Å². The fraction of sp³-hybridized carbons (Fsp3) is 0.524. The first-order valence-corrected chi connectivity index (χ1v) is 9.92. The van der Waals surface area contributed by atoms with E-state index < -0.39 is 0 Å². The van der Waals surface area contributed by atoms with Gasteiger partial charge in [0.25, 0.3) is 0 Å². The molecule has 0 radical (unpaired) electrons. The van der Waals surface area contributed by atoms with Gasteiger partial charge >= 0.3 is 0 Å². The first-order chi connectivity index (χ1) is 12.3. The quantitative estimate of drug-likeness (QED) is 0.840. The summed E-state index contributed by atoms with van der Waals surface area (Å²) in [5, 5.41) is 4.64. The SMILES string of the molecule is CCc1ncc(CN[C@@H]2[C@@H]3CCCC[C@H]3[C@H]2c2ccc(Cl)cc2)cn1. The van der Waals surface area contributed by atoms with E-state index in [0.717, 1.165) is 35.6 Å². The van der Waals surface area contributed by atoms with E-state index in [0.29, 0.717) is 12.0 Å². The van der Waals surface area contributed by atoms with Crippen molar-refractivity contribution in [3.63, 3.8) is 0 Å². The van der Waals surface area contributed by atoms with Gasteiger partial charge in [-0.25, -0.2) is 9.97 Å². The van der Waals surface area contributed by atoms with Crippen LogP contribution in [0.3, 0.4) is 0 Å². The Morgan fingerprint density at radius 1 is 1.04 bits per heavy atom. The molecule has 1 heterocycles. The zero-order valence-corrected chi connectivity index (χ0v) is 15.5. The molecule has 4 atom stereocenters. The van der Waals surface area contributed by atoms with Crippen LogP contribution in [0.2, 0.25) is 5.02 Å². The van der Waals surface area contributed by atoms with E-state index in [9.17, 15) is 0 Å². The second-order valence-corrected chi connectivity index (χ2v) is 7.89. The number of benzene rings is 1. The summed E-state index contributed by atoms with van der Waals surface area (Å²) >= 11 is 6.09. The Hall–Kier alpha value is -1.45. The molecule has 0 bridgehead atoms. The number of rotatable bonds is 5. The molecule has 1 aromatic carbocycles. The van der Waals surface area contributed by atoms with Gasteiger partial charge in [0.2, 0.25) is 0 Å². The van der Waals surface area contributed by atoms with Gasteiger partial charge in [0.05, 0.1) is 0 Å². The van der Waals surface area contributed by atoms with Gasteiger partial charge in [-0.3, -0.25) is 0 Å². The lowest BCUT2D eigenvalue weighted by atomic mass is 9.53. The lowest BCUT2D eigenvalue weighted by Crippen LogP contribution is -2.57. The number of fused-ring (bicyclic) bond motifs is 1. The first-order valence-electron chi connectivity index (χ1n) is 9.55. The largest absolute Gasteiger partial charge is 0.309 e. The van der Waals surface area contributed by atoms with Crippen LogP contribution in [0.5, 0.6) is 0 Å². The summed E-state index contributed by atoms with van der Waals surface area (Å²) < 4.78 is 0. The Morgan fingerprint density at radius 3 is 2.40 bits per heavy atom. The fourth-order valence-electron chi connectivity index (χ4n) is 4.78. The predicted octanol–water partition coefficient (Wildman–Crippen LogP) is 4.75. The zero-order valence-electron chi connectivity index (χ0n) is 14.8. The van der Waals surface area contributed by atoms with Gasteiger partial charge in [-0.2, -0.15) is 0 Å². The van der Waals surface area contributed by atoms with Gasteiger partial charge in [0.1, 0.15) is 5.82 Å². The van der Waals surface area contributed by atoms with Crippen LogP contribution < -0.4 is 5.32 Å². The minimum absolute atomic E-state index is 0.553. The summed E-state index contributed by atoms with van der Waals surface area (Å²) in [6.45, 7) is 2.93. The molecule has 132 valence electrons. The standard InChI is InChI=1S/C21H26ClN3/c1-2-19-23-11-14(12-24-19)13-25-21-18-6-4-3-5-17(18)20(21)15-7-9-16(22)10-8-15/h7-12,17-18,20-21,25H,2-6,13H2,1H3/t17-,18-,20-,21-/m1/s1. The topological polar surface area (TPSA) is 37.8 Å². The summed E-state index contributed by atoms with van der Waals surface area (Å²) in [5.74, 6) is 3.16. The van der Waals surface area contributed by atoms with Crippen LogP contribution in [0.15, 0.2) is 36.7 Å². The number of nitrogens with zero attached hydrogens (tertiary/aromatic N) is 2. The molecule has 0 amide bonds. The maximum absolute atomic E-state index is 6.09. The molecule has 4 rings (SSSR count). The summed E-state index contributed by atoms with van der Waals surface area (Å²) in [7, 11) is 0. The number of halogens is 1. The number of aromatic nitrogens is 2. The molecule has 3 nitrogen and oxygen atoms in total. The van der Waals surface area contributed by atoms with Crippen molar-refractivity contribution in [3.05, 3.63) is 58.6 Å². The van der Waals surface area contributed by atoms with E-state index >= 15 is 0 Å². The molecule has 1 N–H and O–H groups in total. The van der Waals surface area contributed by atoms with Crippen molar-refractivity contribution in [3.8, 4) is 0 Å². The van der Waals surface area contributed by atoms with E-state index in [1.54, 1.807) is 0 Å². The molecule has 2 fully saturated rings. The number of hydrogen-bond donors (Lipinski definition) is 1. The Balaban J connectivity index is 1.48. The third-order valence-electron chi connectivity index (χ3n) is 6.06. The highest BCUT2D eigenvalue weighted by Crippen LogP contribution is 2.54. The van der Waals surface area contributed by atoms with Crippen molar-refractivity contribution in [2.24, 2.45) is 11.8 Å². The molecule has 1 aromatic heterocycles. The summed E-state index contributed by atoms with van der Waals surface area (Å²) in [6.07, 6.45) is 10.3. The Morgan fingerprint density at radius 2 is 1.72 bits per heavy atom. The molecule has 0 saturated heterocycles. The van der Waals surface area contributed by atoms with Crippen LogP contribution in [-0.2, 0) is 13.0 Å². The highest BCUT2D eigenvalue weighted by Gasteiger charge is 2.50. The second kappa shape index (κ2) is 7.43. The zero-order chi connectivity index (χ0) is 17.2. The van der Waals surface area contributed by atoms with Crippen LogP contribution >= 0.6 is 11.6 Å². The average Bonchev–Trinajstić information content (AvgIpc) is 2.65. The predicted molar refractivity (Wildman–Crippen MR) is 102 cm³/mol. The maximum Gasteiger partial charge on any atom is 0.127 e. The van der Waals surface area contributed by atoms with Crippen LogP contribution in [0.4, 0.5) is 0 Å². The maximum atomic E-state index is 6.09. The van der Waals surface area contributed by atoms with Crippen molar-refractivity contribution in [2.75, 3.05) is 0 Å². The van der Waals surface area contributed by atoms with Gasteiger partial charge in [-0.05, 0) is 42.4 Å². The van der Waals surface area contributed by atoms with Gasteiger partial charge in [-0.1, -0.05) is 43.5 Å². The van der Waals surface area contributed by atoms with Crippen LogP contribution in [-0.4, -0.2) is 16.0 Å². The van der Waals surface area contributed by atoms with E-state index in [1.165, 1.54) is 36.8 Å². The molecule has 2 aromatic rings. The first kappa shape index (κ1) is 17.0. The average molecular weight is 356 g/mol. The monoisotopic (exact) mass is 355 g/mol. The molecule has 2 aliphatic rings. The molecule has 2 aliphatic carbocycles. The minimum Gasteiger partial charge on any atom is -0.309 e. The van der Waals surface area contributed by atoms with Gasteiger partial charge in [0.15, 0.2) is 0 Å². The Kier molecular flexibility index (Phi) is 5.05. The molecule has 2 saturated carbocycles. The van der Waals surface area contributed by atoms with Crippen LogP contribution in [0.1, 0.15) is 55.5 Å². The smallest absolute Gasteiger partial charge is 0.127 e. The van der Waals surface area contributed by atoms with E-state index in [1.807, 2.05) is 24.5 Å². The fourth-order valence-corrected chi connectivity index (χ4v) is 4.90. The molecule has 4 heteroatoms. The molecule has 0 unspecified atom stereocenters. The highest BCUT2D eigenvalue weighted by atomic mass is 35.5. The van der Waals surface area contributed by atoms with Crippen molar-refractivity contribution in [1.82, 2.24) is 15.3 Å². The third-order valence-corrected chi connectivity index (χ3v) is 6.31. The second-order valence-electron chi connectivity index (χ2n) is 7.46. The lowest BCUT2D eigenvalue weighted by Gasteiger charge is -2.55. The summed E-state index contributed by atoms with van der Waals surface area (Å²) in [4.78, 5) is 8.84. The third kappa shape index (κ3) is 3.45. The van der Waals surface area contributed by atoms with Gasteiger partial charge in [-0.15, -0.1) is 0 Å². The van der Waals surface area contributed by atoms with Crippen molar-refractivity contribution >= 4 is 11.6 Å². The van der Waals surface area contributed by atoms with Gasteiger partial charge < -0.3 is 5.32 Å². The van der Waals surface area contributed by atoms with E-state index in [-0.39, 0.29) is 0 Å². The molecular formula is C21H26ClN3.